The van der Waals surface area contributed by atoms with Gasteiger partial charge in [-0.15, -0.1) is 11.8 Å². The Morgan fingerprint density at radius 3 is 2.94 bits per heavy atom. The number of Topliss-reactive ketones (excluding diaryl/α,β-unsaturated/α-hetero) is 1. The van der Waals surface area contributed by atoms with Crippen molar-refractivity contribution in [1.82, 2.24) is 0 Å². The maximum atomic E-state index is 11.3. The average molecular weight is 244 g/mol. The molecule has 0 atom stereocenters. The zero-order valence-electron chi connectivity index (χ0n) is 9.53. The molecule has 1 heterocycles. The number of benzene rings is 2. The molecule has 17 heavy (non-hydrogen) atoms. The molecule has 0 aromatic heterocycles. The fraction of sp³-hybridized carbons (Fsp3) is 0.214. The molecule has 0 unspecified atom stereocenters. The van der Waals surface area contributed by atoms with Gasteiger partial charge in [0.25, 0.3) is 0 Å². The van der Waals surface area contributed by atoms with Crippen molar-refractivity contribution in [1.29, 1.82) is 0 Å². The molecule has 1 aliphatic heterocycles. The Balaban J connectivity index is 2.20. The van der Waals surface area contributed by atoms with Crippen molar-refractivity contribution < 1.29 is 9.53 Å². The quantitative estimate of drug-likeness (QED) is 0.718. The zero-order valence-corrected chi connectivity index (χ0v) is 10.3. The molecule has 0 saturated heterocycles. The van der Waals surface area contributed by atoms with Crippen LogP contribution in [0.2, 0.25) is 0 Å². The highest BCUT2D eigenvalue weighted by Crippen LogP contribution is 2.36. The maximum Gasteiger partial charge on any atom is 0.159 e. The molecule has 1 aliphatic rings. The van der Waals surface area contributed by atoms with Crippen molar-refractivity contribution >= 4 is 28.3 Å². The van der Waals surface area contributed by atoms with Gasteiger partial charge in [0.15, 0.2) is 5.78 Å². The van der Waals surface area contributed by atoms with E-state index < -0.39 is 0 Å². The normalized spacial score (nSPS) is 14.2. The Hall–Kier alpha value is -1.48. The van der Waals surface area contributed by atoms with E-state index >= 15 is 0 Å². The van der Waals surface area contributed by atoms with Gasteiger partial charge in [-0.05, 0) is 35.9 Å². The number of carbonyl (C=O) groups is 1. The van der Waals surface area contributed by atoms with Gasteiger partial charge in [-0.1, -0.05) is 12.1 Å². The first-order chi connectivity index (χ1) is 8.24. The Labute approximate surface area is 104 Å². The van der Waals surface area contributed by atoms with Gasteiger partial charge in [-0.2, -0.15) is 0 Å². The van der Waals surface area contributed by atoms with Gasteiger partial charge in [0.2, 0.25) is 0 Å². The van der Waals surface area contributed by atoms with Crippen molar-refractivity contribution in [3.63, 3.8) is 0 Å². The molecule has 3 heteroatoms. The molecule has 0 radical (unpaired) electrons. The van der Waals surface area contributed by atoms with Gasteiger partial charge in [0, 0.05) is 11.3 Å². The van der Waals surface area contributed by atoms with E-state index in [2.05, 4.69) is 12.1 Å². The van der Waals surface area contributed by atoms with Gasteiger partial charge < -0.3 is 4.74 Å². The molecule has 2 nitrogen and oxygen atoms in total. The topological polar surface area (TPSA) is 26.3 Å². The van der Waals surface area contributed by atoms with Crippen LogP contribution < -0.4 is 4.74 Å². The highest BCUT2D eigenvalue weighted by atomic mass is 32.2. The summed E-state index contributed by atoms with van der Waals surface area (Å²) in [5, 5.41) is 2.23. The van der Waals surface area contributed by atoms with E-state index in [1.165, 1.54) is 4.90 Å². The highest BCUT2D eigenvalue weighted by Gasteiger charge is 2.12. The number of rotatable bonds is 1. The fourth-order valence-electron chi connectivity index (χ4n) is 2.00. The lowest BCUT2D eigenvalue weighted by Crippen LogP contribution is -2.06. The third kappa shape index (κ3) is 1.91. The summed E-state index contributed by atoms with van der Waals surface area (Å²) in [5.41, 5.74) is 0.763. The first kappa shape index (κ1) is 10.7. The van der Waals surface area contributed by atoms with Crippen LogP contribution in [0.4, 0.5) is 0 Å². The van der Waals surface area contributed by atoms with Crippen LogP contribution in [0.3, 0.4) is 0 Å². The second-order valence-electron chi connectivity index (χ2n) is 4.11. The van der Waals surface area contributed by atoms with Crippen molar-refractivity contribution in [2.24, 2.45) is 0 Å². The average Bonchev–Trinajstić information content (AvgIpc) is 2.35. The lowest BCUT2D eigenvalue weighted by Gasteiger charge is -2.17. The number of carbonyl (C=O) groups excluding carboxylic acids is 1. The smallest absolute Gasteiger partial charge is 0.159 e. The van der Waals surface area contributed by atoms with Gasteiger partial charge in [0.05, 0.1) is 11.5 Å². The highest BCUT2D eigenvalue weighted by molar-refractivity contribution is 7.99. The number of ether oxygens (including phenoxy) is 1. The largest absolute Gasteiger partial charge is 0.492 e. The van der Waals surface area contributed by atoms with Gasteiger partial charge in [-0.3, -0.25) is 4.79 Å². The van der Waals surface area contributed by atoms with Crippen molar-refractivity contribution in [2.45, 2.75) is 11.8 Å². The minimum atomic E-state index is 0.105. The lowest BCUT2D eigenvalue weighted by molar-refractivity contribution is 0.101. The summed E-state index contributed by atoms with van der Waals surface area (Å²) in [6.07, 6.45) is 0. The van der Waals surface area contributed by atoms with E-state index in [9.17, 15) is 4.79 Å². The molecular formula is C14H12O2S. The molecule has 2 aromatic rings. The second kappa shape index (κ2) is 4.08. The summed E-state index contributed by atoms with van der Waals surface area (Å²) in [4.78, 5) is 12.5. The number of ketones is 1. The monoisotopic (exact) mass is 244 g/mol. The van der Waals surface area contributed by atoms with E-state index in [4.69, 9.17) is 4.74 Å². The van der Waals surface area contributed by atoms with Crippen LogP contribution in [0.15, 0.2) is 35.2 Å². The van der Waals surface area contributed by atoms with E-state index in [1.807, 2.05) is 30.0 Å². The summed E-state index contributed by atoms with van der Waals surface area (Å²) in [6, 6.07) is 9.97. The summed E-state index contributed by atoms with van der Waals surface area (Å²) in [7, 11) is 0. The summed E-state index contributed by atoms with van der Waals surface area (Å²) < 4.78 is 5.62. The Morgan fingerprint density at radius 1 is 1.24 bits per heavy atom. The number of hydrogen-bond donors (Lipinski definition) is 0. The van der Waals surface area contributed by atoms with Gasteiger partial charge in [-0.25, -0.2) is 0 Å². The maximum absolute atomic E-state index is 11.3. The molecule has 86 valence electrons. The van der Waals surface area contributed by atoms with Crippen LogP contribution in [0.5, 0.6) is 5.75 Å². The molecule has 2 aromatic carbocycles. The van der Waals surface area contributed by atoms with Crippen LogP contribution in [-0.2, 0) is 0 Å². The van der Waals surface area contributed by atoms with Crippen LogP contribution >= 0.6 is 11.8 Å². The second-order valence-corrected chi connectivity index (χ2v) is 5.25. The molecule has 0 bridgehead atoms. The van der Waals surface area contributed by atoms with Crippen LogP contribution in [0.1, 0.15) is 17.3 Å². The summed E-state index contributed by atoms with van der Waals surface area (Å²) in [6.45, 7) is 2.37. The summed E-state index contributed by atoms with van der Waals surface area (Å²) >= 11 is 1.81. The first-order valence-electron chi connectivity index (χ1n) is 5.58. The van der Waals surface area contributed by atoms with E-state index in [0.29, 0.717) is 0 Å². The molecule has 0 spiro atoms. The van der Waals surface area contributed by atoms with Crippen molar-refractivity contribution in [3.05, 3.63) is 35.9 Å². The Bertz CT molecular complexity index is 604. The van der Waals surface area contributed by atoms with Crippen LogP contribution in [0, 0.1) is 0 Å². The molecular weight excluding hydrogens is 232 g/mol. The lowest BCUT2D eigenvalue weighted by atomic mass is 10.0. The molecule has 0 amide bonds. The van der Waals surface area contributed by atoms with E-state index in [-0.39, 0.29) is 5.78 Å². The molecule has 0 saturated carbocycles. The third-order valence-corrected chi connectivity index (χ3v) is 3.91. The first-order valence-corrected chi connectivity index (χ1v) is 6.57. The van der Waals surface area contributed by atoms with E-state index in [1.54, 1.807) is 6.92 Å². The standard InChI is InChI=1S/C14H12O2S/c1-9(15)10-2-3-11-7-13-14(8-12(11)6-10)17-5-4-16-13/h2-3,6-8H,4-5H2,1H3. The van der Waals surface area contributed by atoms with Gasteiger partial charge in [0.1, 0.15) is 5.75 Å². The number of fused-ring (bicyclic) bond motifs is 2. The van der Waals surface area contributed by atoms with E-state index in [0.717, 1.165) is 34.4 Å². The predicted molar refractivity (Wildman–Crippen MR) is 70.2 cm³/mol. The fourth-order valence-corrected chi connectivity index (χ4v) is 2.86. The predicted octanol–water partition coefficient (Wildman–Crippen LogP) is 3.53. The number of hydrogen-bond acceptors (Lipinski definition) is 3. The van der Waals surface area contributed by atoms with Crippen molar-refractivity contribution in [2.75, 3.05) is 12.4 Å². The third-order valence-electron chi connectivity index (χ3n) is 2.91. The SMILES string of the molecule is CC(=O)c1ccc2cc3c(cc2c1)SCCO3. The minimum Gasteiger partial charge on any atom is -0.492 e. The van der Waals surface area contributed by atoms with Crippen LogP contribution in [-0.4, -0.2) is 18.1 Å². The molecule has 0 aliphatic carbocycles. The molecule has 0 N–H and O–H groups in total. The Kier molecular flexibility index (Phi) is 2.56. The zero-order chi connectivity index (χ0) is 11.8. The Morgan fingerprint density at radius 2 is 2.12 bits per heavy atom. The minimum absolute atomic E-state index is 0.105. The molecule has 3 rings (SSSR count). The summed E-state index contributed by atoms with van der Waals surface area (Å²) in [5.74, 6) is 2.06. The van der Waals surface area contributed by atoms with Crippen LogP contribution in [0.25, 0.3) is 10.8 Å². The van der Waals surface area contributed by atoms with Gasteiger partial charge >= 0.3 is 0 Å². The van der Waals surface area contributed by atoms with Crippen molar-refractivity contribution in [3.8, 4) is 5.75 Å². The number of thioether (sulfide) groups is 1. The molecule has 0 fully saturated rings.